The van der Waals surface area contributed by atoms with E-state index in [1.165, 1.54) is 0 Å². The maximum atomic E-state index is 11.1. The summed E-state index contributed by atoms with van der Waals surface area (Å²) in [6.07, 6.45) is 6.77. The first kappa shape index (κ1) is 14.1. The number of oxime groups is 1. The molecule has 0 radical (unpaired) electrons. The van der Waals surface area contributed by atoms with E-state index in [0.29, 0.717) is 6.41 Å². The van der Waals surface area contributed by atoms with E-state index in [1.54, 1.807) is 0 Å². The molecular weight excluding hydrogens is 284 g/mol. The van der Waals surface area contributed by atoms with Crippen LogP contribution in [0.5, 0.6) is 0 Å². The lowest BCUT2D eigenvalue weighted by molar-refractivity contribution is -0.129. The van der Waals surface area contributed by atoms with Crippen LogP contribution in [0.4, 0.5) is 5.13 Å². The van der Waals surface area contributed by atoms with E-state index in [2.05, 4.69) is 19.8 Å². The largest absolute Gasteiger partial charge is 0.476 e. The fourth-order valence-corrected chi connectivity index (χ4v) is 2.12. The molecule has 1 atom stereocenters. The van der Waals surface area contributed by atoms with Gasteiger partial charge in [0.2, 0.25) is 23.1 Å². The Balaban J connectivity index is 2.12. The van der Waals surface area contributed by atoms with E-state index < -0.39 is 5.97 Å². The van der Waals surface area contributed by atoms with Gasteiger partial charge in [-0.15, -0.1) is 0 Å². The molecule has 1 amide bonds. The number of nitrogens with one attached hydrogen (secondary N) is 1. The smallest absolute Gasteiger partial charge is 0.362 e. The van der Waals surface area contributed by atoms with Crippen LogP contribution in [0, 0.1) is 0 Å². The molecule has 2 rings (SSSR count). The van der Waals surface area contributed by atoms with Gasteiger partial charge in [0.05, 0.1) is 0 Å². The van der Waals surface area contributed by atoms with Crippen LogP contribution in [0.1, 0.15) is 25.1 Å². The number of anilines is 1. The molecule has 106 valence electrons. The molecule has 0 spiro atoms. The zero-order chi connectivity index (χ0) is 14.4. The van der Waals surface area contributed by atoms with Crippen molar-refractivity contribution in [1.82, 2.24) is 9.36 Å². The van der Waals surface area contributed by atoms with Crippen molar-refractivity contribution in [2.45, 2.75) is 25.4 Å². The molecule has 20 heavy (non-hydrogen) atoms. The minimum atomic E-state index is -1.29. The van der Waals surface area contributed by atoms with Gasteiger partial charge >= 0.3 is 5.97 Å². The fraction of sp³-hybridized carbons (Fsp3) is 0.364. The van der Waals surface area contributed by atoms with Crippen LogP contribution in [0.2, 0.25) is 0 Å². The highest BCUT2D eigenvalue weighted by atomic mass is 32.1. The van der Waals surface area contributed by atoms with Gasteiger partial charge < -0.3 is 15.3 Å². The van der Waals surface area contributed by atoms with E-state index in [-0.39, 0.29) is 22.8 Å². The molecule has 0 bridgehead atoms. The molecule has 9 heteroatoms. The number of hydrogen-bond acceptors (Lipinski definition) is 7. The summed E-state index contributed by atoms with van der Waals surface area (Å²) in [4.78, 5) is 30.4. The third-order valence-corrected chi connectivity index (χ3v) is 3.16. The van der Waals surface area contributed by atoms with E-state index in [9.17, 15) is 9.59 Å². The molecule has 0 aromatic carbocycles. The van der Waals surface area contributed by atoms with Crippen LogP contribution in [0.25, 0.3) is 0 Å². The highest BCUT2D eigenvalue weighted by Gasteiger charge is 2.20. The summed E-state index contributed by atoms with van der Waals surface area (Å²) in [5.41, 5.74) is -0.390. The van der Waals surface area contributed by atoms with Gasteiger partial charge in [0.25, 0.3) is 0 Å². The van der Waals surface area contributed by atoms with Gasteiger partial charge in [0.15, 0.2) is 0 Å². The number of carboxylic acids is 1. The number of rotatable bonds is 6. The van der Waals surface area contributed by atoms with Gasteiger partial charge in [-0.1, -0.05) is 11.2 Å². The molecule has 2 N–H and O–H groups in total. The summed E-state index contributed by atoms with van der Waals surface area (Å²) in [5, 5.41) is 15.2. The molecule has 1 unspecified atom stereocenters. The number of nitrogens with zero attached hydrogens (tertiary/aromatic N) is 3. The van der Waals surface area contributed by atoms with Crippen LogP contribution in [0.3, 0.4) is 0 Å². The summed E-state index contributed by atoms with van der Waals surface area (Å²) >= 11 is 0.864. The van der Waals surface area contributed by atoms with Crippen molar-refractivity contribution in [3.05, 3.63) is 18.0 Å². The number of hydrogen-bond donors (Lipinski definition) is 2. The first-order chi connectivity index (χ1) is 9.70. The van der Waals surface area contributed by atoms with Crippen molar-refractivity contribution in [3.8, 4) is 0 Å². The lowest BCUT2D eigenvalue weighted by atomic mass is 10.1. The molecule has 1 aromatic heterocycles. The van der Waals surface area contributed by atoms with Gasteiger partial charge in [0.1, 0.15) is 6.10 Å². The van der Waals surface area contributed by atoms with Crippen molar-refractivity contribution < 1.29 is 19.5 Å². The van der Waals surface area contributed by atoms with E-state index in [4.69, 9.17) is 9.94 Å². The van der Waals surface area contributed by atoms with Gasteiger partial charge in [-0.05, 0) is 25.3 Å². The summed E-state index contributed by atoms with van der Waals surface area (Å²) in [5.74, 6) is -1.38. The number of aromatic nitrogens is 2. The Bertz CT molecular complexity index is 554. The number of carbonyl (C=O) groups excluding carboxylic acids is 1. The van der Waals surface area contributed by atoms with Crippen LogP contribution < -0.4 is 5.32 Å². The molecule has 8 nitrogen and oxygen atoms in total. The Morgan fingerprint density at radius 1 is 1.65 bits per heavy atom. The zero-order valence-corrected chi connectivity index (χ0v) is 11.2. The van der Waals surface area contributed by atoms with E-state index >= 15 is 0 Å². The zero-order valence-electron chi connectivity index (χ0n) is 10.4. The minimum Gasteiger partial charge on any atom is -0.476 e. The molecule has 1 aromatic rings. The summed E-state index contributed by atoms with van der Waals surface area (Å²) in [6.45, 7) is 0. The number of carbonyl (C=O) groups is 2. The van der Waals surface area contributed by atoms with Crippen LogP contribution >= 0.6 is 11.5 Å². The first-order valence-corrected chi connectivity index (χ1v) is 6.66. The van der Waals surface area contributed by atoms with Crippen LogP contribution in [-0.4, -0.2) is 38.7 Å². The molecule has 1 heterocycles. The van der Waals surface area contributed by atoms with Crippen molar-refractivity contribution in [2.24, 2.45) is 5.16 Å². The number of aliphatic carboxylic acids is 1. The second kappa shape index (κ2) is 6.75. The Hall–Kier alpha value is -2.29. The summed E-state index contributed by atoms with van der Waals surface area (Å²) < 4.78 is 3.82. The fourth-order valence-electron chi connectivity index (χ4n) is 1.59. The average Bonchev–Trinajstić information content (AvgIpc) is 2.89. The highest BCUT2D eigenvalue weighted by Crippen LogP contribution is 2.15. The molecule has 1 aliphatic carbocycles. The van der Waals surface area contributed by atoms with Gasteiger partial charge in [-0.2, -0.15) is 9.36 Å². The normalized spacial score (nSPS) is 18.6. The number of allylic oxidation sites excluding steroid dienone is 1. The Morgan fingerprint density at radius 2 is 2.50 bits per heavy atom. The lowest BCUT2D eigenvalue weighted by Gasteiger charge is -2.13. The highest BCUT2D eigenvalue weighted by molar-refractivity contribution is 7.10. The predicted octanol–water partition coefficient (Wildman–Crippen LogP) is 1.02. The third-order valence-electron chi connectivity index (χ3n) is 2.51. The average molecular weight is 296 g/mol. The predicted molar refractivity (Wildman–Crippen MR) is 71.6 cm³/mol. The van der Waals surface area contributed by atoms with Gasteiger partial charge in [-0.3, -0.25) is 4.79 Å². The van der Waals surface area contributed by atoms with Gasteiger partial charge in [-0.25, -0.2) is 4.79 Å². The van der Waals surface area contributed by atoms with Crippen LogP contribution in [-0.2, 0) is 14.4 Å². The third kappa shape index (κ3) is 3.60. The van der Waals surface area contributed by atoms with Crippen molar-refractivity contribution in [3.63, 3.8) is 0 Å². The van der Waals surface area contributed by atoms with Crippen molar-refractivity contribution in [2.75, 3.05) is 5.32 Å². The Kier molecular flexibility index (Phi) is 4.77. The summed E-state index contributed by atoms with van der Waals surface area (Å²) in [6, 6.07) is 0. The first-order valence-electron chi connectivity index (χ1n) is 5.88. The Labute approximate surface area is 118 Å². The molecule has 0 aliphatic heterocycles. The maximum Gasteiger partial charge on any atom is 0.362 e. The summed E-state index contributed by atoms with van der Waals surface area (Å²) in [7, 11) is 0. The molecule has 0 saturated carbocycles. The van der Waals surface area contributed by atoms with Crippen molar-refractivity contribution >= 4 is 34.8 Å². The SMILES string of the molecule is O=CNc1nc(/C(=N/OC2C=CCCC2)C(=O)O)ns1. The molecule has 0 saturated heterocycles. The van der Waals surface area contributed by atoms with E-state index in [0.717, 1.165) is 30.8 Å². The number of amides is 1. The quantitative estimate of drug-likeness (QED) is 0.350. The van der Waals surface area contributed by atoms with E-state index in [1.807, 2.05) is 12.2 Å². The number of carboxylic acid groups (broad SMARTS) is 1. The Morgan fingerprint density at radius 3 is 3.15 bits per heavy atom. The topological polar surface area (TPSA) is 114 Å². The second-order valence-electron chi connectivity index (χ2n) is 3.93. The standard InChI is InChI=1S/C11H12N4O4S/c16-6-12-11-13-9(15-20-11)8(10(17)18)14-19-7-4-2-1-3-5-7/h2,4,6-7H,1,3,5H2,(H,17,18)(H,12,13,15,16)/b14-8-. The van der Waals surface area contributed by atoms with Crippen molar-refractivity contribution in [1.29, 1.82) is 0 Å². The monoisotopic (exact) mass is 296 g/mol. The maximum absolute atomic E-state index is 11.1. The molecule has 0 fully saturated rings. The second-order valence-corrected chi connectivity index (χ2v) is 4.69. The van der Waals surface area contributed by atoms with Gasteiger partial charge in [0, 0.05) is 11.5 Å². The molecular formula is C11H12N4O4S. The lowest BCUT2D eigenvalue weighted by Crippen LogP contribution is -2.19. The molecule has 1 aliphatic rings. The minimum absolute atomic E-state index is 0.0911. The van der Waals surface area contributed by atoms with Crippen LogP contribution in [0.15, 0.2) is 17.3 Å².